The van der Waals surface area contributed by atoms with Crippen LogP contribution >= 0.6 is 15.9 Å². The summed E-state index contributed by atoms with van der Waals surface area (Å²) in [5.74, 6) is 1.51. The predicted molar refractivity (Wildman–Crippen MR) is 90.6 cm³/mol. The minimum absolute atomic E-state index is 0.0107. The Morgan fingerprint density at radius 1 is 1.33 bits per heavy atom. The molecule has 3 atom stereocenters. The summed E-state index contributed by atoms with van der Waals surface area (Å²) in [5, 5.41) is 3.06. The van der Waals surface area contributed by atoms with Crippen molar-refractivity contribution >= 4 is 27.5 Å². The summed E-state index contributed by atoms with van der Waals surface area (Å²) in [5.41, 5.74) is 2.03. The number of rotatable bonds is 3. The molecule has 1 fully saturated rings. The zero-order chi connectivity index (χ0) is 15.6. The van der Waals surface area contributed by atoms with Gasteiger partial charge < -0.3 is 10.2 Å². The van der Waals surface area contributed by atoms with Gasteiger partial charge in [-0.3, -0.25) is 4.79 Å². The summed E-state index contributed by atoms with van der Waals surface area (Å²) in [7, 11) is 0. The van der Waals surface area contributed by atoms with Gasteiger partial charge in [0, 0.05) is 16.3 Å². The third-order valence-electron chi connectivity index (χ3n) is 4.41. The van der Waals surface area contributed by atoms with Gasteiger partial charge >= 0.3 is 0 Å². The molecule has 0 radical (unpaired) electrons. The van der Waals surface area contributed by atoms with E-state index in [-0.39, 0.29) is 11.9 Å². The van der Waals surface area contributed by atoms with E-state index in [9.17, 15) is 4.79 Å². The number of carbonyl (C=O) groups is 1. The molecule has 0 saturated carbocycles. The Morgan fingerprint density at radius 2 is 1.95 bits per heavy atom. The van der Waals surface area contributed by atoms with Crippen LogP contribution in [0.15, 0.2) is 22.7 Å². The highest BCUT2D eigenvalue weighted by Crippen LogP contribution is 2.23. The Balaban J connectivity index is 2.02. The molecular weight excluding hydrogens is 328 g/mol. The Hall–Kier alpha value is -0.870. The Labute approximate surface area is 136 Å². The average molecular weight is 354 g/mol. The predicted octanol–water partition coefficient (Wildman–Crippen LogP) is 2.65. The van der Waals surface area contributed by atoms with E-state index in [0.717, 1.165) is 23.2 Å². The molecule has 1 aliphatic heterocycles. The molecule has 2 rings (SSSR count). The van der Waals surface area contributed by atoms with E-state index in [4.69, 9.17) is 0 Å². The topological polar surface area (TPSA) is 33.5 Å². The van der Waals surface area contributed by atoms with Crippen molar-refractivity contribution in [3.63, 3.8) is 0 Å². The number of carbonyl (C=O) groups excluding carboxylic acids is 1. The molecule has 116 valence electrons. The molecule has 21 heavy (non-hydrogen) atoms. The molecule has 1 amide bonds. The summed E-state index contributed by atoms with van der Waals surface area (Å²) in [6.07, 6.45) is 1.28. The van der Waals surface area contributed by atoms with Crippen molar-refractivity contribution in [2.75, 3.05) is 18.4 Å². The highest BCUT2D eigenvalue weighted by atomic mass is 79.9. The smallest absolute Gasteiger partial charge is 0.282 e. The van der Waals surface area contributed by atoms with E-state index in [1.165, 1.54) is 16.9 Å². The van der Waals surface area contributed by atoms with Crippen molar-refractivity contribution < 1.29 is 9.69 Å². The maximum Gasteiger partial charge on any atom is 0.282 e. The van der Waals surface area contributed by atoms with E-state index in [0.29, 0.717) is 11.8 Å². The number of anilines is 1. The first-order valence-corrected chi connectivity index (χ1v) is 8.57. The fourth-order valence-corrected chi connectivity index (χ4v) is 3.93. The van der Waals surface area contributed by atoms with Gasteiger partial charge in [-0.05, 0) is 53.9 Å². The maximum atomic E-state index is 12.5. The fraction of sp³-hybridized carbons (Fsp3) is 0.588. The molecule has 1 aromatic carbocycles. The lowest BCUT2D eigenvalue weighted by Gasteiger charge is -2.35. The van der Waals surface area contributed by atoms with Crippen LogP contribution in [-0.2, 0) is 4.79 Å². The van der Waals surface area contributed by atoms with Crippen molar-refractivity contribution in [1.29, 1.82) is 0 Å². The standard InChI is InChI=1S/C17H25BrN2O/c1-11-5-6-16(15(18)8-11)19-17(21)14(4)20-9-12(2)7-13(3)10-20/h5-6,8,12-14H,7,9-10H2,1-4H3,(H,19,21)/p+1/t12-,13-,14-/m0/s1. The van der Waals surface area contributed by atoms with Gasteiger partial charge in [-0.1, -0.05) is 19.9 Å². The number of piperidine rings is 1. The molecule has 2 N–H and O–H groups in total. The minimum atomic E-state index is -0.0107. The summed E-state index contributed by atoms with van der Waals surface area (Å²) in [4.78, 5) is 13.9. The number of halogens is 1. The van der Waals surface area contributed by atoms with E-state index < -0.39 is 0 Å². The molecule has 0 aliphatic carbocycles. The molecule has 1 saturated heterocycles. The number of aryl methyl sites for hydroxylation is 1. The van der Waals surface area contributed by atoms with Crippen LogP contribution in [-0.4, -0.2) is 25.0 Å². The van der Waals surface area contributed by atoms with Crippen LogP contribution in [0.2, 0.25) is 0 Å². The van der Waals surface area contributed by atoms with E-state index in [2.05, 4.69) is 35.1 Å². The van der Waals surface area contributed by atoms with Gasteiger partial charge in [-0.25, -0.2) is 0 Å². The Kier molecular flexibility index (Phi) is 5.44. The van der Waals surface area contributed by atoms with Gasteiger partial charge in [-0.2, -0.15) is 0 Å². The summed E-state index contributed by atoms with van der Waals surface area (Å²) in [6.45, 7) is 10.8. The highest BCUT2D eigenvalue weighted by molar-refractivity contribution is 9.10. The number of nitrogens with one attached hydrogen (secondary N) is 2. The molecule has 1 aliphatic rings. The van der Waals surface area contributed by atoms with Crippen LogP contribution in [0.4, 0.5) is 5.69 Å². The molecule has 1 aromatic rings. The van der Waals surface area contributed by atoms with Gasteiger partial charge in [0.2, 0.25) is 0 Å². The molecule has 0 spiro atoms. The summed E-state index contributed by atoms with van der Waals surface area (Å²) < 4.78 is 0.943. The SMILES string of the molecule is Cc1ccc(NC(=O)[C@H](C)[NH+]2C[C@@H](C)C[C@H](C)C2)c(Br)c1. The van der Waals surface area contributed by atoms with Gasteiger partial charge in [0.25, 0.3) is 5.91 Å². The van der Waals surface area contributed by atoms with Crippen LogP contribution in [0.3, 0.4) is 0 Å². The number of benzene rings is 1. The van der Waals surface area contributed by atoms with Crippen molar-refractivity contribution in [1.82, 2.24) is 0 Å². The molecule has 3 nitrogen and oxygen atoms in total. The maximum absolute atomic E-state index is 12.5. The third-order valence-corrected chi connectivity index (χ3v) is 5.07. The Morgan fingerprint density at radius 3 is 2.52 bits per heavy atom. The molecule has 0 bridgehead atoms. The normalized spacial score (nSPS) is 27.2. The largest absolute Gasteiger partial charge is 0.324 e. The monoisotopic (exact) mass is 353 g/mol. The fourth-order valence-electron chi connectivity index (χ4n) is 3.33. The summed E-state index contributed by atoms with van der Waals surface area (Å²) >= 11 is 3.52. The first kappa shape index (κ1) is 16.5. The van der Waals surface area contributed by atoms with Crippen molar-refractivity contribution in [3.8, 4) is 0 Å². The van der Waals surface area contributed by atoms with Gasteiger partial charge in [0.05, 0.1) is 18.8 Å². The quantitative estimate of drug-likeness (QED) is 0.860. The lowest BCUT2D eigenvalue weighted by atomic mass is 9.91. The molecule has 4 heteroatoms. The zero-order valence-electron chi connectivity index (χ0n) is 13.4. The second kappa shape index (κ2) is 6.93. The van der Waals surface area contributed by atoms with E-state index >= 15 is 0 Å². The number of quaternary nitrogens is 1. The van der Waals surface area contributed by atoms with E-state index in [1.54, 1.807) is 0 Å². The number of hydrogen-bond donors (Lipinski definition) is 2. The van der Waals surface area contributed by atoms with Gasteiger partial charge in [0.1, 0.15) is 0 Å². The average Bonchev–Trinajstić information content (AvgIpc) is 2.40. The van der Waals surface area contributed by atoms with Gasteiger partial charge in [-0.15, -0.1) is 0 Å². The van der Waals surface area contributed by atoms with Crippen LogP contribution in [0.1, 0.15) is 32.8 Å². The van der Waals surface area contributed by atoms with Crippen molar-refractivity contribution in [2.45, 2.75) is 40.2 Å². The zero-order valence-corrected chi connectivity index (χ0v) is 15.0. The van der Waals surface area contributed by atoms with Crippen LogP contribution in [0, 0.1) is 18.8 Å². The first-order valence-electron chi connectivity index (χ1n) is 7.78. The lowest BCUT2D eigenvalue weighted by Crippen LogP contribution is -3.18. The number of hydrogen-bond acceptors (Lipinski definition) is 1. The van der Waals surface area contributed by atoms with Crippen molar-refractivity contribution in [2.24, 2.45) is 11.8 Å². The molecule has 1 heterocycles. The molecular formula is C17H26BrN2O+. The van der Waals surface area contributed by atoms with Crippen molar-refractivity contribution in [3.05, 3.63) is 28.2 Å². The first-order chi connectivity index (χ1) is 9.86. The molecule has 0 aromatic heterocycles. The summed E-state index contributed by atoms with van der Waals surface area (Å²) in [6, 6.07) is 5.99. The van der Waals surface area contributed by atoms with E-state index in [1.807, 2.05) is 32.0 Å². The van der Waals surface area contributed by atoms with Crippen LogP contribution in [0.25, 0.3) is 0 Å². The van der Waals surface area contributed by atoms with Crippen LogP contribution in [0.5, 0.6) is 0 Å². The minimum Gasteiger partial charge on any atom is -0.324 e. The second-order valence-electron chi connectivity index (χ2n) is 6.71. The molecule has 0 unspecified atom stereocenters. The highest BCUT2D eigenvalue weighted by Gasteiger charge is 2.32. The Bertz CT molecular complexity index is 508. The number of likely N-dealkylation sites (tertiary alicyclic amines) is 1. The number of amides is 1. The van der Waals surface area contributed by atoms with Crippen LogP contribution < -0.4 is 10.2 Å². The lowest BCUT2D eigenvalue weighted by molar-refractivity contribution is -0.925. The van der Waals surface area contributed by atoms with Gasteiger partial charge in [0.15, 0.2) is 6.04 Å². The third kappa shape index (κ3) is 4.30. The second-order valence-corrected chi connectivity index (χ2v) is 7.56.